The van der Waals surface area contributed by atoms with E-state index in [9.17, 15) is 4.79 Å². The predicted molar refractivity (Wildman–Crippen MR) is 123 cm³/mol. The molecule has 2 heterocycles. The van der Waals surface area contributed by atoms with Crippen LogP contribution in [0.3, 0.4) is 0 Å². The van der Waals surface area contributed by atoms with E-state index in [2.05, 4.69) is 41.3 Å². The number of pyridine rings is 2. The zero-order valence-electron chi connectivity index (χ0n) is 17.3. The van der Waals surface area contributed by atoms with Gasteiger partial charge >= 0.3 is 0 Å². The number of hydrogen-bond donors (Lipinski definition) is 2. The van der Waals surface area contributed by atoms with Crippen molar-refractivity contribution in [1.82, 2.24) is 20.2 Å². The molecular formula is C23H28N4OS. The van der Waals surface area contributed by atoms with Crippen molar-refractivity contribution < 1.29 is 0 Å². The Bertz CT molecular complexity index is 1050. The Hall–Kier alpha value is -2.73. The van der Waals surface area contributed by atoms with E-state index in [0.29, 0.717) is 23.8 Å². The van der Waals surface area contributed by atoms with E-state index in [4.69, 9.17) is 12.2 Å². The second-order valence-electron chi connectivity index (χ2n) is 7.40. The highest BCUT2D eigenvalue weighted by atomic mass is 32.1. The number of unbranched alkanes of at least 4 members (excludes halogenated alkanes) is 1. The monoisotopic (exact) mass is 408 g/mol. The Morgan fingerprint density at radius 1 is 1.24 bits per heavy atom. The van der Waals surface area contributed by atoms with Crippen LogP contribution in [0, 0.1) is 13.8 Å². The molecule has 5 nitrogen and oxygen atoms in total. The molecule has 0 bridgehead atoms. The van der Waals surface area contributed by atoms with Crippen LogP contribution in [0.15, 0.2) is 47.5 Å². The molecule has 0 saturated heterocycles. The van der Waals surface area contributed by atoms with Crippen molar-refractivity contribution in [2.45, 2.75) is 46.7 Å². The lowest BCUT2D eigenvalue weighted by Crippen LogP contribution is -2.40. The molecule has 0 amide bonds. The molecule has 2 aromatic heterocycles. The van der Waals surface area contributed by atoms with Crippen LogP contribution in [0.1, 0.15) is 42.0 Å². The maximum Gasteiger partial charge on any atom is 0.253 e. The summed E-state index contributed by atoms with van der Waals surface area (Å²) in [4.78, 5) is 22.1. The molecule has 0 saturated carbocycles. The quantitative estimate of drug-likeness (QED) is 0.453. The van der Waals surface area contributed by atoms with Crippen LogP contribution in [0.4, 0.5) is 0 Å². The molecule has 0 fully saturated rings. The highest BCUT2D eigenvalue weighted by Crippen LogP contribution is 2.19. The van der Waals surface area contributed by atoms with Gasteiger partial charge in [0.25, 0.3) is 5.56 Å². The first-order valence-electron chi connectivity index (χ1n) is 10.0. The summed E-state index contributed by atoms with van der Waals surface area (Å²) in [6, 6.07) is 10.1. The lowest BCUT2D eigenvalue weighted by Gasteiger charge is -2.26. The first-order valence-corrected chi connectivity index (χ1v) is 10.4. The van der Waals surface area contributed by atoms with Crippen molar-refractivity contribution >= 4 is 28.2 Å². The van der Waals surface area contributed by atoms with Gasteiger partial charge in [0.1, 0.15) is 0 Å². The minimum atomic E-state index is -0.0706. The van der Waals surface area contributed by atoms with Crippen molar-refractivity contribution in [3.05, 3.63) is 75.3 Å². The Labute approximate surface area is 177 Å². The lowest BCUT2D eigenvalue weighted by molar-refractivity contribution is 0.396. The number of rotatable bonds is 7. The summed E-state index contributed by atoms with van der Waals surface area (Å²) < 4.78 is 0. The Balaban J connectivity index is 1.90. The van der Waals surface area contributed by atoms with Crippen molar-refractivity contribution in [1.29, 1.82) is 0 Å². The minimum Gasteiger partial charge on any atom is -0.363 e. The first kappa shape index (κ1) is 21.0. The van der Waals surface area contributed by atoms with Gasteiger partial charge in [-0.05, 0) is 66.7 Å². The van der Waals surface area contributed by atoms with Gasteiger partial charge in [-0.2, -0.15) is 0 Å². The minimum absolute atomic E-state index is 0.0706. The average molecular weight is 409 g/mol. The van der Waals surface area contributed by atoms with E-state index in [1.807, 2.05) is 36.2 Å². The highest BCUT2D eigenvalue weighted by Gasteiger charge is 2.14. The number of thiocarbonyl (C=S) groups is 1. The molecule has 0 aliphatic rings. The second kappa shape index (κ2) is 9.65. The summed E-state index contributed by atoms with van der Waals surface area (Å²) in [5.41, 5.74) is 4.86. The molecule has 0 aliphatic heterocycles. The number of benzene rings is 1. The normalized spacial score (nSPS) is 10.9. The Morgan fingerprint density at radius 3 is 2.79 bits per heavy atom. The SMILES string of the molecule is CCCCNC(=S)N(Cc1cccnc1)Cc1cc2ccc(C)c(C)c2[nH]c1=O. The molecule has 0 unspecified atom stereocenters. The molecule has 0 aliphatic carbocycles. The molecule has 0 radical (unpaired) electrons. The second-order valence-corrected chi connectivity index (χ2v) is 7.78. The number of aryl methyl sites for hydroxylation is 2. The van der Waals surface area contributed by atoms with Gasteiger partial charge in [0.2, 0.25) is 0 Å². The summed E-state index contributed by atoms with van der Waals surface area (Å²) in [6.07, 6.45) is 5.74. The first-order chi connectivity index (χ1) is 14.0. The number of aromatic amines is 1. The maximum atomic E-state index is 12.8. The Morgan fingerprint density at radius 2 is 2.07 bits per heavy atom. The molecular weight excluding hydrogens is 380 g/mol. The Kier molecular flexibility index (Phi) is 6.99. The fraction of sp³-hybridized carbons (Fsp3) is 0.348. The van der Waals surface area contributed by atoms with Crippen LogP contribution >= 0.6 is 12.2 Å². The zero-order valence-corrected chi connectivity index (χ0v) is 18.1. The summed E-state index contributed by atoms with van der Waals surface area (Å²) in [6.45, 7) is 8.09. The van der Waals surface area contributed by atoms with Gasteiger partial charge < -0.3 is 15.2 Å². The van der Waals surface area contributed by atoms with Gasteiger partial charge in [-0.25, -0.2) is 0 Å². The number of aromatic nitrogens is 2. The van der Waals surface area contributed by atoms with Crippen LogP contribution < -0.4 is 10.9 Å². The smallest absolute Gasteiger partial charge is 0.253 e. The molecule has 0 spiro atoms. The third-order valence-electron chi connectivity index (χ3n) is 5.18. The standard InChI is InChI=1S/C23H28N4OS/c1-4-5-11-25-23(29)27(14-18-7-6-10-24-13-18)15-20-12-19-9-8-16(2)17(3)21(19)26-22(20)28/h6-10,12-13H,4-5,11,14-15H2,1-3H3,(H,25,29)(H,26,28). The van der Waals surface area contributed by atoms with E-state index < -0.39 is 0 Å². The molecule has 3 rings (SSSR count). The van der Waals surface area contributed by atoms with Gasteiger partial charge in [0.15, 0.2) is 5.11 Å². The van der Waals surface area contributed by atoms with Crippen LogP contribution in [0.2, 0.25) is 0 Å². The fourth-order valence-electron chi connectivity index (χ4n) is 3.29. The largest absolute Gasteiger partial charge is 0.363 e. The number of hydrogen-bond acceptors (Lipinski definition) is 3. The van der Waals surface area contributed by atoms with Gasteiger partial charge in [-0.15, -0.1) is 0 Å². The molecule has 29 heavy (non-hydrogen) atoms. The highest BCUT2D eigenvalue weighted by molar-refractivity contribution is 7.80. The van der Waals surface area contributed by atoms with E-state index >= 15 is 0 Å². The lowest BCUT2D eigenvalue weighted by atomic mass is 10.0. The molecule has 0 atom stereocenters. The molecule has 3 aromatic rings. The molecule has 1 aromatic carbocycles. The zero-order chi connectivity index (χ0) is 20.8. The van der Waals surface area contributed by atoms with Gasteiger partial charge in [0.05, 0.1) is 12.1 Å². The number of nitrogens with zero attached hydrogens (tertiary/aromatic N) is 2. The van der Waals surface area contributed by atoms with Gasteiger partial charge in [-0.1, -0.05) is 31.5 Å². The summed E-state index contributed by atoms with van der Waals surface area (Å²) in [5.74, 6) is 0. The van der Waals surface area contributed by atoms with E-state index in [0.717, 1.165) is 41.4 Å². The molecule has 2 N–H and O–H groups in total. The van der Waals surface area contributed by atoms with Crippen LogP contribution in [-0.4, -0.2) is 26.5 Å². The number of fused-ring (bicyclic) bond motifs is 1. The summed E-state index contributed by atoms with van der Waals surface area (Å²) >= 11 is 5.65. The fourth-order valence-corrected chi connectivity index (χ4v) is 3.52. The summed E-state index contributed by atoms with van der Waals surface area (Å²) in [5, 5.41) is 5.01. The number of H-pyrrole nitrogens is 1. The van der Waals surface area contributed by atoms with Crippen LogP contribution in [-0.2, 0) is 13.1 Å². The number of nitrogens with one attached hydrogen (secondary N) is 2. The van der Waals surface area contributed by atoms with E-state index in [1.54, 1.807) is 6.20 Å². The van der Waals surface area contributed by atoms with Crippen molar-refractivity contribution in [3.63, 3.8) is 0 Å². The third-order valence-corrected chi connectivity index (χ3v) is 5.58. The average Bonchev–Trinajstić information content (AvgIpc) is 2.72. The van der Waals surface area contributed by atoms with E-state index in [-0.39, 0.29) is 5.56 Å². The van der Waals surface area contributed by atoms with Crippen LogP contribution in [0.25, 0.3) is 10.9 Å². The third kappa shape index (κ3) is 5.21. The van der Waals surface area contributed by atoms with Crippen LogP contribution in [0.5, 0.6) is 0 Å². The molecule has 152 valence electrons. The van der Waals surface area contributed by atoms with Crippen molar-refractivity contribution in [2.75, 3.05) is 6.54 Å². The topological polar surface area (TPSA) is 61.0 Å². The summed E-state index contributed by atoms with van der Waals surface area (Å²) in [7, 11) is 0. The van der Waals surface area contributed by atoms with Gasteiger partial charge in [0, 0.05) is 31.0 Å². The van der Waals surface area contributed by atoms with Crippen molar-refractivity contribution in [2.24, 2.45) is 0 Å². The predicted octanol–water partition coefficient (Wildman–Crippen LogP) is 4.22. The van der Waals surface area contributed by atoms with Crippen molar-refractivity contribution in [3.8, 4) is 0 Å². The van der Waals surface area contributed by atoms with Gasteiger partial charge in [-0.3, -0.25) is 9.78 Å². The molecule has 6 heteroatoms. The van der Waals surface area contributed by atoms with E-state index in [1.165, 1.54) is 5.56 Å². The maximum absolute atomic E-state index is 12.8.